The normalized spacial score (nSPS) is 16.0. The number of sulfonamides is 1. The molecule has 1 aromatic heterocycles. The van der Waals surface area contributed by atoms with Crippen molar-refractivity contribution in [1.29, 1.82) is 0 Å². The van der Waals surface area contributed by atoms with Gasteiger partial charge in [0.1, 0.15) is 5.82 Å². The summed E-state index contributed by atoms with van der Waals surface area (Å²) in [6.45, 7) is 2.23. The first-order valence-electron chi connectivity index (χ1n) is 14.1. The summed E-state index contributed by atoms with van der Waals surface area (Å²) in [6, 6.07) is 18.3. The molecule has 0 fully saturated rings. The molecule has 43 heavy (non-hydrogen) atoms. The number of carbonyl (C=O) groups is 1. The van der Waals surface area contributed by atoms with Crippen molar-refractivity contribution >= 4 is 21.6 Å². The molecule has 7 nitrogen and oxygen atoms in total. The maximum absolute atomic E-state index is 13.8. The van der Waals surface area contributed by atoms with Gasteiger partial charge in [-0.05, 0) is 78.3 Å². The lowest BCUT2D eigenvalue weighted by Gasteiger charge is -2.30. The lowest BCUT2D eigenvalue weighted by atomic mass is 9.87. The summed E-state index contributed by atoms with van der Waals surface area (Å²) >= 11 is 0. The predicted octanol–water partition coefficient (Wildman–Crippen LogP) is 6.52. The molecule has 0 aliphatic heterocycles. The number of alkyl halides is 3. The molecule has 5 rings (SSSR count). The zero-order chi connectivity index (χ0) is 30.8. The third-order valence-corrected chi connectivity index (χ3v) is 9.40. The molecule has 2 atom stereocenters. The molecular formula is C32H33F3N4O3S. The fourth-order valence-corrected chi connectivity index (χ4v) is 6.69. The van der Waals surface area contributed by atoms with Crippen LogP contribution in [0.2, 0.25) is 0 Å². The van der Waals surface area contributed by atoms with Gasteiger partial charge in [0, 0.05) is 37.6 Å². The largest absolute Gasteiger partial charge is 0.416 e. The number of aromatic nitrogens is 2. The summed E-state index contributed by atoms with van der Waals surface area (Å²) in [5.41, 5.74) is 2.45. The van der Waals surface area contributed by atoms with Gasteiger partial charge in [-0.25, -0.2) is 18.1 Å². The Bertz CT molecular complexity index is 1690. The van der Waals surface area contributed by atoms with E-state index in [1.807, 2.05) is 73.3 Å². The number of anilines is 1. The maximum atomic E-state index is 13.8. The van der Waals surface area contributed by atoms with E-state index in [0.717, 1.165) is 53.8 Å². The van der Waals surface area contributed by atoms with Crippen LogP contribution in [-0.2, 0) is 41.0 Å². The molecule has 1 aliphatic rings. The maximum Gasteiger partial charge on any atom is 0.416 e. The Morgan fingerprint density at radius 1 is 1.09 bits per heavy atom. The van der Waals surface area contributed by atoms with Crippen LogP contribution in [0.1, 0.15) is 66.2 Å². The molecule has 0 saturated carbocycles. The number of carbonyl (C=O) groups excluding carboxylic acids is 1. The van der Waals surface area contributed by atoms with Gasteiger partial charge in [0.05, 0.1) is 17.0 Å². The van der Waals surface area contributed by atoms with E-state index >= 15 is 0 Å². The standard InChI is InChI=1S/C32H33F3N4O3S/c1-22(23-7-4-3-5-8-23)19-31(40)39(21-30-36-17-18-38(30)2)26-14-11-24-9-6-10-29(28(24)20-26)37-43(41,42)27-15-12-25(13-16-27)32(33,34)35/h3-5,7-8,11-18,20,22,29,37H,6,9-10,19,21H2,1-2H3/t22-,29+/m1/s1. The molecule has 1 amide bonds. The first kappa shape index (κ1) is 30.5. The molecule has 1 aliphatic carbocycles. The van der Waals surface area contributed by atoms with Crippen LogP contribution in [-0.4, -0.2) is 23.9 Å². The Balaban J connectivity index is 1.44. The van der Waals surface area contributed by atoms with Crippen molar-refractivity contribution in [2.45, 2.75) is 62.2 Å². The molecule has 0 radical (unpaired) electrons. The van der Waals surface area contributed by atoms with E-state index in [4.69, 9.17) is 0 Å². The predicted molar refractivity (Wildman–Crippen MR) is 158 cm³/mol. The van der Waals surface area contributed by atoms with Gasteiger partial charge in [-0.3, -0.25) is 4.79 Å². The van der Waals surface area contributed by atoms with Crippen molar-refractivity contribution in [3.63, 3.8) is 0 Å². The Labute approximate surface area is 249 Å². The van der Waals surface area contributed by atoms with Crippen LogP contribution in [0, 0.1) is 0 Å². The lowest BCUT2D eigenvalue weighted by molar-refractivity contribution is -0.137. The van der Waals surface area contributed by atoms with Crippen LogP contribution in [0.15, 0.2) is 90.1 Å². The number of amides is 1. The zero-order valence-corrected chi connectivity index (χ0v) is 24.7. The number of imidazole rings is 1. The first-order chi connectivity index (χ1) is 20.4. The van der Waals surface area contributed by atoms with Gasteiger partial charge in [-0.15, -0.1) is 0 Å². The summed E-state index contributed by atoms with van der Waals surface area (Å²) in [7, 11) is -2.26. The van der Waals surface area contributed by atoms with E-state index in [1.165, 1.54) is 0 Å². The van der Waals surface area contributed by atoms with Gasteiger partial charge >= 0.3 is 6.18 Å². The van der Waals surface area contributed by atoms with Crippen LogP contribution in [0.3, 0.4) is 0 Å². The topological polar surface area (TPSA) is 84.3 Å². The highest BCUT2D eigenvalue weighted by Crippen LogP contribution is 2.35. The van der Waals surface area contributed by atoms with Gasteiger partial charge in [0.2, 0.25) is 15.9 Å². The van der Waals surface area contributed by atoms with E-state index < -0.39 is 27.8 Å². The van der Waals surface area contributed by atoms with E-state index in [2.05, 4.69) is 9.71 Å². The number of hydrogen-bond acceptors (Lipinski definition) is 4. The van der Waals surface area contributed by atoms with E-state index in [9.17, 15) is 26.4 Å². The smallest absolute Gasteiger partial charge is 0.337 e. The number of aryl methyl sites for hydroxylation is 2. The molecule has 1 N–H and O–H groups in total. The second-order valence-electron chi connectivity index (χ2n) is 10.9. The van der Waals surface area contributed by atoms with Gasteiger partial charge in [-0.2, -0.15) is 13.2 Å². The van der Waals surface area contributed by atoms with E-state index in [1.54, 1.807) is 11.1 Å². The summed E-state index contributed by atoms with van der Waals surface area (Å²) < 4.78 is 70.1. The quantitative estimate of drug-likeness (QED) is 0.234. The number of nitrogens with one attached hydrogen (secondary N) is 1. The highest BCUT2D eigenvalue weighted by Gasteiger charge is 2.32. The zero-order valence-electron chi connectivity index (χ0n) is 23.9. The SMILES string of the molecule is C[C@H](CC(=O)N(Cc1nccn1C)c1ccc2c(c1)[C@@H](NS(=O)(=O)c1ccc(C(F)(F)F)cc1)CCC2)c1ccccc1. The summed E-state index contributed by atoms with van der Waals surface area (Å²) in [5.74, 6) is 0.563. The average Bonchev–Trinajstić information content (AvgIpc) is 3.39. The van der Waals surface area contributed by atoms with Crippen molar-refractivity contribution in [2.24, 2.45) is 7.05 Å². The summed E-state index contributed by atoms with van der Waals surface area (Å²) in [4.78, 5) is 19.7. The molecule has 0 unspecified atom stereocenters. The number of nitrogens with zero attached hydrogens (tertiary/aromatic N) is 3. The van der Waals surface area contributed by atoms with Crippen LogP contribution < -0.4 is 9.62 Å². The van der Waals surface area contributed by atoms with Gasteiger partial charge < -0.3 is 9.47 Å². The van der Waals surface area contributed by atoms with Crippen molar-refractivity contribution in [2.75, 3.05) is 4.90 Å². The second kappa shape index (κ2) is 12.3. The Morgan fingerprint density at radius 3 is 2.47 bits per heavy atom. The second-order valence-corrected chi connectivity index (χ2v) is 12.6. The third-order valence-electron chi connectivity index (χ3n) is 7.92. The minimum atomic E-state index is -4.56. The van der Waals surface area contributed by atoms with Gasteiger partial charge in [0.15, 0.2) is 0 Å². The fraction of sp³-hybridized carbons (Fsp3) is 0.312. The third kappa shape index (κ3) is 7.00. The molecule has 4 aromatic rings. The minimum absolute atomic E-state index is 0.0292. The molecule has 0 spiro atoms. The molecular weight excluding hydrogens is 577 g/mol. The molecule has 226 valence electrons. The number of hydrogen-bond donors (Lipinski definition) is 1. The molecule has 0 bridgehead atoms. The Morgan fingerprint density at radius 2 is 1.81 bits per heavy atom. The van der Waals surface area contributed by atoms with Crippen LogP contribution >= 0.6 is 0 Å². The van der Waals surface area contributed by atoms with E-state index in [-0.39, 0.29) is 29.7 Å². The molecule has 0 saturated heterocycles. The fourth-order valence-electron chi connectivity index (χ4n) is 5.44. The highest BCUT2D eigenvalue weighted by atomic mass is 32.2. The van der Waals surface area contributed by atoms with Crippen molar-refractivity contribution in [1.82, 2.24) is 14.3 Å². The molecule has 1 heterocycles. The first-order valence-corrected chi connectivity index (χ1v) is 15.5. The van der Waals surface area contributed by atoms with Crippen molar-refractivity contribution in [3.05, 3.63) is 113 Å². The number of benzene rings is 3. The van der Waals surface area contributed by atoms with Crippen molar-refractivity contribution < 1.29 is 26.4 Å². The lowest BCUT2D eigenvalue weighted by Crippen LogP contribution is -2.34. The Hall–Kier alpha value is -3.96. The monoisotopic (exact) mass is 610 g/mol. The van der Waals surface area contributed by atoms with E-state index in [0.29, 0.717) is 17.9 Å². The molecule has 11 heteroatoms. The summed E-state index contributed by atoms with van der Waals surface area (Å²) in [5, 5.41) is 0. The van der Waals surface area contributed by atoms with Crippen LogP contribution in [0.25, 0.3) is 0 Å². The minimum Gasteiger partial charge on any atom is -0.337 e. The van der Waals surface area contributed by atoms with Gasteiger partial charge in [0.25, 0.3) is 0 Å². The van der Waals surface area contributed by atoms with Gasteiger partial charge in [-0.1, -0.05) is 43.3 Å². The summed E-state index contributed by atoms with van der Waals surface area (Å²) in [6.07, 6.45) is 1.16. The number of rotatable bonds is 9. The Kier molecular flexibility index (Phi) is 8.75. The molecule has 3 aromatic carbocycles. The average molecular weight is 611 g/mol. The number of fused-ring (bicyclic) bond motifs is 1. The van der Waals surface area contributed by atoms with Crippen LogP contribution in [0.4, 0.5) is 18.9 Å². The van der Waals surface area contributed by atoms with Crippen LogP contribution in [0.5, 0.6) is 0 Å². The highest BCUT2D eigenvalue weighted by molar-refractivity contribution is 7.89. The number of halogens is 3. The van der Waals surface area contributed by atoms with Crippen molar-refractivity contribution in [3.8, 4) is 0 Å².